The van der Waals surface area contributed by atoms with Crippen molar-refractivity contribution in [2.24, 2.45) is 0 Å². The first-order chi connectivity index (χ1) is 13.9. The molecule has 0 radical (unpaired) electrons. The summed E-state index contributed by atoms with van der Waals surface area (Å²) in [4.78, 5) is 25.5. The number of ether oxygens (including phenoxy) is 1. The van der Waals surface area contributed by atoms with Crippen LogP contribution in [0, 0.1) is 13.8 Å². The molecule has 3 rings (SSSR count). The van der Waals surface area contributed by atoms with Crippen molar-refractivity contribution in [3.8, 4) is 0 Å². The lowest BCUT2D eigenvalue weighted by Gasteiger charge is -2.35. The molecule has 0 aromatic carbocycles. The fourth-order valence-corrected chi connectivity index (χ4v) is 4.16. The summed E-state index contributed by atoms with van der Waals surface area (Å²) in [6, 6.07) is 1.94. The number of β-amino-alcohol motifs (C(OH)–C–C–N with tert-alkyl or cyclic N) is 1. The van der Waals surface area contributed by atoms with Gasteiger partial charge < -0.3 is 20.1 Å². The molecule has 2 aliphatic heterocycles. The van der Waals surface area contributed by atoms with Crippen LogP contribution in [-0.2, 0) is 9.53 Å². The van der Waals surface area contributed by atoms with Crippen molar-refractivity contribution < 1.29 is 14.6 Å². The van der Waals surface area contributed by atoms with Crippen LogP contribution >= 0.6 is 0 Å². The molecule has 29 heavy (non-hydrogen) atoms. The van der Waals surface area contributed by atoms with E-state index in [0.29, 0.717) is 38.4 Å². The van der Waals surface area contributed by atoms with Gasteiger partial charge in [-0.1, -0.05) is 0 Å². The number of aryl methyl sites for hydroxylation is 2. The number of likely N-dealkylation sites (tertiary alicyclic amines) is 1. The van der Waals surface area contributed by atoms with Gasteiger partial charge in [0.1, 0.15) is 0 Å². The van der Waals surface area contributed by atoms with Gasteiger partial charge >= 0.3 is 0 Å². The number of amides is 1. The summed E-state index contributed by atoms with van der Waals surface area (Å²) in [5.41, 5.74) is 1.17. The number of nitrogens with one attached hydrogen (secondary N) is 1. The van der Waals surface area contributed by atoms with E-state index >= 15 is 0 Å². The average Bonchev–Trinajstić information content (AvgIpc) is 2.87. The third kappa shape index (κ3) is 6.90. The Labute approximate surface area is 173 Å². The topological polar surface area (TPSA) is 90.8 Å². The summed E-state index contributed by atoms with van der Waals surface area (Å²) < 4.78 is 5.39. The molecule has 1 amide bonds. The molecular weight excluding hydrogens is 370 g/mol. The molecule has 0 spiro atoms. The van der Waals surface area contributed by atoms with Crippen LogP contribution in [0.25, 0.3) is 0 Å². The molecule has 2 fully saturated rings. The van der Waals surface area contributed by atoms with E-state index in [1.807, 2.05) is 24.8 Å². The lowest BCUT2D eigenvalue weighted by molar-refractivity contribution is -0.131. The Morgan fingerprint density at radius 3 is 2.62 bits per heavy atom. The van der Waals surface area contributed by atoms with Crippen molar-refractivity contribution in [3.05, 3.63) is 17.5 Å². The number of aromatic nitrogens is 2. The van der Waals surface area contributed by atoms with Gasteiger partial charge in [0.05, 0.1) is 18.8 Å². The number of hydrogen-bond donors (Lipinski definition) is 2. The van der Waals surface area contributed by atoms with Crippen molar-refractivity contribution >= 4 is 11.9 Å². The number of hydrogen-bond acceptors (Lipinski definition) is 7. The van der Waals surface area contributed by atoms with E-state index in [4.69, 9.17) is 4.74 Å². The van der Waals surface area contributed by atoms with Gasteiger partial charge in [-0.25, -0.2) is 9.97 Å². The second kappa shape index (κ2) is 10.3. The zero-order valence-corrected chi connectivity index (χ0v) is 17.8. The van der Waals surface area contributed by atoms with Gasteiger partial charge in [-0.3, -0.25) is 9.69 Å². The Kier molecular flexibility index (Phi) is 7.80. The Bertz CT molecular complexity index is 660. The monoisotopic (exact) mass is 405 g/mol. The number of nitrogens with zero attached hydrogens (tertiary/aromatic N) is 4. The summed E-state index contributed by atoms with van der Waals surface area (Å²) in [5, 5.41) is 14.3. The Morgan fingerprint density at radius 2 is 1.90 bits per heavy atom. The number of carbonyl (C=O) groups excluding carboxylic acids is 1. The van der Waals surface area contributed by atoms with Crippen LogP contribution in [-0.4, -0.2) is 88.9 Å². The van der Waals surface area contributed by atoms with E-state index in [1.54, 1.807) is 0 Å². The smallest absolute Gasteiger partial charge is 0.223 e. The summed E-state index contributed by atoms with van der Waals surface area (Å²) in [6.07, 6.45) is 3.48. The maximum atomic E-state index is 12.6. The zero-order chi connectivity index (χ0) is 20.7. The minimum Gasteiger partial charge on any atom is -0.388 e. The number of anilines is 1. The fraction of sp³-hybridized carbons (Fsp3) is 0.762. The molecule has 0 saturated carbocycles. The summed E-state index contributed by atoms with van der Waals surface area (Å²) in [7, 11) is 0. The summed E-state index contributed by atoms with van der Waals surface area (Å²) in [6.45, 7) is 9.84. The second-order valence-corrected chi connectivity index (χ2v) is 8.35. The van der Waals surface area contributed by atoms with Crippen LogP contribution in [0.1, 0.15) is 43.5 Å². The molecule has 1 aromatic heterocycles. The molecular formula is C21H35N5O3. The van der Waals surface area contributed by atoms with Gasteiger partial charge in [-0.2, -0.15) is 0 Å². The van der Waals surface area contributed by atoms with Gasteiger partial charge in [0.2, 0.25) is 11.9 Å². The van der Waals surface area contributed by atoms with E-state index in [9.17, 15) is 9.90 Å². The SMILES string of the molecule is Cc1cc(C)nc(NCCCC(=O)N2CCC[C@](O)(CN3CCOCC3)CC2)n1. The van der Waals surface area contributed by atoms with Gasteiger partial charge in [-0.15, -0.1) is 0 Å². The highest BCUT2D eigenvalue weighted by atomic mass is 16.5. The highest BCUT2D eigenvalue weighted by Gasteiger charge is 2.33. The minimum atomic E-state index is -0.700. The van der Waals surface area contributed by atoms with Crippen molar-refractivity contribution in [2.45, 2.75) is 51.6 Å². The van der Waals surface area contributed by atoms with E-state index in [2.05, 4.69) is 20.2 Å². The van der Waals surface area contributed by atoms with Gasteiger partial charge in [-0.05, 0) is 45.6 Å². The lowest BCUT2D eigenvalue weighted by atomic mass is 9.94. The lowest BCUT2D eigenvalue weighted by Crippen LogP contribution is -2.48. The Balaban J connectivity index is 1.39. The predicted octanol–water partition coefficient (Wildman–Crippen LogP) is 1.36. The number of morpholine rings is 1. The quantitative estimate of drug-likeness (QED) is 0.662. The minimum absolute atomic E-state index is 0.170. The van der Waals surface area contributed by atoms with Crippen LogP contribution in [0.5, 0.6) is 0 Å². The molecule has 162 valence electrons. The van der Waals surface area contributed by atoms with Gasteiger partial charge in [0.15, 0.2) is 0 Å². The fourth-order valence-electron chi connectivity index (χ4n) is 4.16. The highest BCUT2D eigenvalue weighted by Crippen LogP contribution is 2.24. The predicted molar refractivity (Wildman–Crippen MR) is 112 cm³/mol. The average molecular weight is 406 g/mol. The first-order valence-corrected chi connectivity index (χ1v) is 10.8. The standard InChI is InChI=1S/C21H35N5O3/c1-17-15-18(2)24-20(23-17)22-8-3-5-19(27)26-9-4-6-21(28,7-10-26)16-25-11-13-29-14-12-25/h15,28H,3-14,16H2,1-2H3,(H,22,23,24)/t21-/m1/s1. The summed E-state index contributed by atoms with van der Waals surface area (Å²) in [5.74, 6) is 0.793. The molecule has 2 N–H and O–H groups in total. The van der Waals surface area contributed by atoms with Crippen LogP contribution < -0.4 is 5.32 Å². The van der Waals surface area contributed by atoms with Crippen LogP contribution in [0.4, 0.5) is 5.95 Å². The van der Waals surface area contributed by atoms with E-state index in [-0.39, 0.29) is 5.91 Å². The molecule has 0 aliphatic carbocycles. The van der Waals surface area contributed by atoms with Crippen LogP contribution in [0.15, 0.2) is 6.07 Å². The molecule has 2 saturated heterocycles. The van der Waals surface area contributed by atoms with Crippen LogP contribution in [0.2, 0.25) is 0 Å². The molecule has 1 atom stereocenters. The third-order valence-corrected chi connectivity index (χ3v) is 5.72. The van der Waals surface area contributed by atoms with E-state index < -0.39 is 5.60 Å². The molecule has 0 bridgehead atoms. The summed E-state index contributed by atoms with van der Waals surface area (Å²) >= 11 is 0. The maximum absolute atomic E-state index is 12.6. The van der Waals surface area contributed by atoms with Crippen molar-refractivity contribution in [1.82, 2.24) is 19.8 Å². The van der Waals surface area contributed by atoms with Gasteiger partial charge in [0.25, 0.3) is 0 Å². The highest BCUT2D eigenvalue weighted by molar-refractivity contribution is 5.76. The normalized spacial score (nSPS) is 23.6. The number of carbonyl (C=O) groups is 1. The third-order valence-electron chi connectivity index (χ3n) is 5.72. The van der Waals surface area contributed by atoms with Crippen LogP contribution in [0.3, 0.4) is 0 Å². The van der Waals surface area contributed by atoms with E-state index in [0.717, 1.165) is 63.5 Å². The van der Waals surface area contributed by atoms with Crippen molar-refractivity contribution in [1.29, 1.82) is 0 Å². The maximum Gasteiger partial charge on any atom is 0.223 e. The van der Waals surface area contributed by atoms with E-state index in [1.165, 1.54) is 0 Å². The second-order valence-electron chi connectivity index (χ2n) is 8.35. The molecule has 3 heterocycles. The first-order valence-electron chi connectivity index (χ1n) is 10.8. The molecule has 2 aliphatic rings. The zero-order valence-electron chi connectivity index (χ0n) is 17.8. The first kappa shape index (κ1) is 21.9. The van der Waals surface area contributed by atoms with Crippen molar-refractivity contribution in [3.63, 3.8) is 0 Å². The molecule has 8 heteroatoms. The number of rotatable bonds is 7. The Morgan fingerprint density at radius 1 is 1.17 bits per heavy atom. The number of aliphatic hydroxyl groups is 1. The molecule has 8 nitrogen and oxygen atoms in total. The van der Waals surface area contributed by atoms with Crippen molar-refractivity contribution in [2.75, 3.05) is 57.8 Å². The van der Waals surface area contributed by atoms with Gasteiger partial charge in [0, 0.05) is 57.1 Å². The molecule has 1 aromatic rings. The Hall–Kier alpha value is -1.77. The molecule has 0 unspecified atom stereocenters. The largest absolute Gasteiger partial charge is 0.388 e.